The third-order valence-electron chi connectivity index (χ3n) is 2.91. The molecule has 1 rings (SSSR count). The quantitative estimate of drug-likeness (QED) is 0.751. The van der Waals surface area contributed by atoms with Crippen molar-refractivity contribution < 1.29 is 0 Å². The molecular weight excluding hydrogens is 182 g/mol. The van der Waals surface area contributed by atoms with E-state index in [2.05, 4.69) is 50.4 Å². The van der Waals surface area contributed by atoms with Crippen molar-refractivity contribution in [3.8, 4) is 0 Å². The molecule has 0 aromatic heterocycles. The molecule has 1 aromatic rings. The van der Waals surface area contributed by atoms with Gasteiger partial charge in [0.1, 0.15) is 0 Å². The molecule has 0 spiro atoms. The summed E-state index contributed by atoms with van der Waals surface area (Å²) in [6.45, 7) is 7.73. The maximum atomic E-state index is 3.59. The van der Waals surface area contributed by atoms with E-state index in [4.69, 9.17) is 0 Å². The molecule has 0 fully saturated rings. The van der Waals surface area contributed by atoms with Gasteiger partial charge in [-0.15, -0.1) is 0 Å². The summed E-state index contributed by atoms with van der Waals surface area (Å²) in [4.78, 5) is 0. The molecular formula is C14H23N. The highest BCUT2D eigenvalue weighted by molar-refractivity contribution is 5.22. The normalized spacial score (nSPS) is 10.9. The van der Waals surface area contributed by atoms with Crippen molar-refractivity contribution in [2.24, 2.45) is 0 Å². The summed E-state index contributed by atoms with van der Waals surface area (Å²) < 4.78 is 0. The van der Waals surface area contributed by atoms with Crippen LogP contribution in [0.2, 0.25) is 0 Å². The summed E-state index contributed by atoms with van der Waals surface area (Å²) in [7, 11) is 0. The first-order chi connectivity index (χ1) is 7.26. The Bertz CT molecular complexity index is 276. The van der Waals surface area contributed by atoms with E-state index in [9.17, 15) is 0 Å². The van der Waals surface area contributed by atoms with Crippen LogP contribution in [0.4, 0.5) is 0 Å². The Morgan fingerprint density at radius 3 is 2.53 bits per heavy atom. The molecule has 0 radical (unpaired) electrons. The minimum absolute atomic E-state index is 0.690. The molecule has 0 aliphatic rings. The molecule has 1 aromatic carbocycles. The summed E-state index contributed by atoms with van der Waals surface area (Å²) in [6.07, 6.45) is 3.59. The van der Waals surface area contributed by atoms with Gasteiger partial charge in [-0.05, 0) is 38.3 Å². The molecule has 1 N–H and O–H groups in total. The highest BCUT2D eigenvalue weighted by Crippen LogP contribution is 2.04. The second kappa shape index (κ2) is 6.62. The van der Waals surface area contributed by atoms with Crippen molar-refractivity contribution in [1.82, 2.24) is 5.32 Å². The van der Waals surface area contributed by atoms with Crippen molar-refractivity contribution in [3.63, 3.8) is 0 Å². The van der Waals surface area contributed by atoms with Gasteiger partial charge in [-0.2, -0.15) is 0 Å². The van der Waals surface area contributed by atoms with Gasteiger partial charge in [0.2, 0.25) is 0 Å². The standard InChI is InChI=1S/C14H23N/c1-4-14(5-2)15-10-9-13-8-6-7-12(3)11-13/h6-8,11,14-15H,4-5,9-10H2,1-3H3. The predicted molar refractivity (Wildman–Crippen MR) is 67.3 cm³/mol. The highest BCUT2D eigenvalue weighted by atomic mass is 14.9. The van der Waals surface area contributed by atoms with Crippen LogP contribution < -0.4 is 5.32 Å². The monoisotopic (exact) mass is 205 g/mol. The fourth-order valence-electron chi connectivity index (χ4n) is 1.87. The van der Waals surface area contributed by atoms with Crippen LogP contribution >= 0.6 is 0 Å². The van der Waals surface area contributed by atoms with Crippen LogP contribution in [-0.2, 0) is 6.42 Å². The summed E-state index contributed by atoms with van der Waals surface area (Å²) >= 11 is 0. The molecule has 0 unspecified atom stereocenters. The maximum absolute atomic E-state index is 3.59. The average Bonchev–Trinajstić information content (AvgIpc) is 2.25. The Hall–Kier alpha value is -0.820. The summed E-state index contributed by atoms with van der Waals surface area (Å²) in [5.41, 5.74) is 2.79. The molecule has 0 saturated heterocycles. The van der Waals surface area contributed by atoms with E-state index < -0.39 is 0 Å². The molecule has 0 atom stereocenters. The Morgan fingerprint density at radius 1 is 1.20 bits per heavy atom. The molecule has 0 amide bonds. The van der Waals surface area contributed by atoms with Crippen LogP contribution in [0, 0.1) is 6.92 Å². The number of hydrogen-bond acceptors (Lipinski definition) is 1. The molecule has 0 bridgehead atoms. The molecule has 15 heavy (non-hydrogen) atoms. The molecule has 84 valence electrons. The molecule has 0 heterocycles. The zero-order valence-corrected chi connectivity index (χ0v) is 10.2. The van der Waals surface area contributed by atoms with Crippen molar-refractivity contribution in [3.05, 3.63) is 35.4 Å². The zero-order valence-electron chi connectivity index (χ0n) is 10.2. The summed E-state index contributed by atoms with van der Waals surface area (Å²) in [6, 6.07) is 9.46. The Kier molecular flexibility index (Phi) is 5.41. The van der Waals surface area contributed by atoms with Crippen molar-refractivity contribution in [1.29, 1.82) is 0 Å². The summed E-state index contributed by atoms with van der Waals surface area (Å²) in [5.74, 6) is 0. The number of benzene rings is 1. The predicted octanol–water partition coefficient (Wildman–Crippen LogP) is 3.32. The lowest BCUT2D eigenvalue weighted by atomic mass is 10.1. The zero-order chi connectivity index (χ0) is 11.1. The topological polar surface area (TPSA) is 12.0 Å². The Balaban J connectivity index is 2.31. The van der Waals surface area contributed by atoms with Gasteiger partial charge < -0.3 is 5.32 Å². The number of hydrogen-bond donors (Lipinski definition) is 1. The lowest BCUT2D eigenvalue weighted by Crippen LogP contribution is -2.29. The van der Waals surface area contributed by atoms with E-state index in [0.717, 1.165) is 13.0 Å². The molecule has 0 saturated carbocycles. The highest BCUT2D eigenvalue weighted by Gasteiger charge is 2.01. The SMILES string of the molecule is CCC(CC)NCCc1cccc(C)c1. The van der Waals surface area contributed by atoms with Crippen LogP contribution in [0.5, 0.6) is 0 Å². The first-order valence-corrected chi connectivity index (χ1v) is 6.05. The third kappa shape index (κ3) is 4.48. The lowest BCUT2D eigenvalue weighted by Gasteiger charge is -2.14. The molecule has 0 aliphatic carbocycles. The van der Waals surface area contributed by atoms with E-state index >= 15 is 0 Å². The fraction of sp³-hybridized carbons (Fsp3) is 0.571. The van der Waals surface area contributed by atoms with Crippen molar-refractivity contribution >= 4 is 0 Å². The van der Waals surface area contributed by atoms with E-state index in [0.29, 0.717) is 6.04 Å². The van der Waals surface area contributed by atoms with E-state index in [1.165, 1.54) is 24.0 Å². The Labute approximate surface area is 93.9 Å². The van der Waals surface area contributed by atoms with Gasteiger partial charge in [-0.1, -0.05) is 43.7 Å². The van der Waals surface area contributed by atoms with Gasteiger partial charge in [-0.25, -0.2) is 0 Å². The van der Waals surface area contributed by atoms with E-state index in [-0.39, 0.29) is 0 Å². The molecule has 1 nitrogen and oxygen atoms in total. The van der Waals surface area contributed by atoms with Crippen molar-refractivity contribution in [2.75, 3.05) is 6.54 Å². The van der Waals surface area contributed by atoms with Gasteiger partial charge in [0.15, 0.2) is 0 Å². The van der Waals surface area contributed by atoms with Crippen LogP contribution in [0.15, 0.2) is 24.3 Å². The first kappa shape index (κ1) is 12.3. The van der Waals surface area contributed by atoms with Crippen LogP contribution in [0.25, 0.3) is 0 Å². The van der Waals surface area contributed by atoms with Gasteiger partial charge in [0.05, 0.1) is 0 Å². The number of aryl methyl sites for hydroxylation is 1. The van der Waals surface area contributed by atoms with Gasteiger partial charge in [0, 0.05) is 6.04 Å². The molecule has 1 heteroatoms. The van der Waals surface area contributed by atoms with Crippen LogP contribution in [-0.4, -0.2) is 12.6 Å². The first-order valence-electron chi connectivity index (χ1n) is 6.05. The third-order valence-corrected chi connectivity index (χ3v) is 2.91. The number of nitrogens with one attached hydrogen (secondary N) is 1. The smallest absolute Gasteiger partial charge is 0.00619 e. The van der Waals surface area contributed by atoms with E-state index in [1.54, 1.807) is 0 Å². The second-order valence-corrected chi connectivity index (χ2v) is 4.21. The minimum atomic E-state index is 0.690. The van der Waals surface area contributed by atoms with Gasteiger partial charge in [-0.3, -0.25) is 0 Å². The largest absolute Gasteiger partial charge is 0.314 e. The van der Waals surface area contributed by atoms with Crippen molar-refractivity contribution in [2.45, 2.75) is 46.1 Å². The lowest BCUT2D eigenvalue weighted by molar-refractivity contribution is 0.488. The van der Waals surface area contributed by atoms with E-state index in [1.807, 2.05) is 0 Å². The summed E-state index contributed by atoms with van der Waals surface area (Å²) in [5, 5.41) is 3.59. The maximum Gasteiger partial charge on any atom is 0.00619 e. The van der Waals surface area contributed by atoms with Gasteiger partial charge in [0.25, 0.3) is 0 Å². The van der Waals surface area contributed by atoms with Gasteiger partial charge >= 0.3 is 0 Å². The second-order valence-electron chi connectivity index (χ2n) is 4.21. The van der Waals surface area contributed by atoms with Crippen LogP contribution in [0.3, 0.4) is 0 Å². The van der Waals surface area contributed by atoms with Crippen LogP contribution in [0.1, 0.15) is 37.8 Å². The fourth-order valence-corrected chi connectivity index (χ4v) is 1.87. The Morgan fingerprint density at radius 2 is 1.93 bits per heavy atom. The minimum Gasteiger partial charge on any atom is -0.314 e. The number of rotatable bonds is 6. The molecule has 0 aliphatic heterocycles. The average molecular weight is 205 g/mol.